The highest BCUT2D eigenvalue weighted by molar-refractivity contribution is 7.83. The van der Waals surface area contributed by atoms with Crippen molar-refractivity contribution in [3.05, 3.63) is 35.2 Å². The zero-order valence-corrected chi connectivity index (χ0v) is 14.3. The number of benzene rings is 1. The summed E-state index contributed by atoms with van der Waals surface area (Å²) in [7, 11) is 4.40. The van der Waals surface area contributed by atoms with Gasteiger partial charge in [0.1, 0.15) is 5.75 Å². The van der Waals surface area contributed by atoms with Crippen molar-refractivity contribution < 1.29 is 8.95 Å². The lowest BCUT2D eigenvalue weighted by atomic mass is 10.1. The Bertz CT molecular complexity index is 641. The first kappa shape index (κ1) is 15.9. The number of aryl methyl sites for hydroxylation is 1. The van der Waals surface area contributed by atoms with E-state index < -0.39 is 10.8 Å². The smallest absolute Gasteiger partial charge is 0.204 e. The molecule has 1 aromatic carbocycles. The maximum absolute atomic E-state index is 12.3. The minimum Gasteiger partial charge on any atom is -0.496 e. The molecule has 0 amide bonds. The van der Waals surface area contributed by atoms with Crippen LogP contribution in [0.1, 0.15) is 17.0 Å². The standard InChI is InChI=1S/C14H19N3O2S2/c1-10-5-6-12(19-4)11(7-10)8-21(18)9-13-15-14(17(2)3)20-16-13/h5-7H,8-9H2,1-4H3/t21-/m1/s1. The maximum Gasteiger partial charge on any atom is 0.204 e. The van der Waals surface area contributed by atoms with Gasteiger partial charge in [-0.25, -0.2) is 4.98 Å². The lowest BCUT2D eigenvalue weighted by Crippen LogP contribution is -2.08. The highest BCUT2D eigenvalue weighted by atomic mass is 32.2. The molecule has 0 bridgehead atoms. The first-order chi connectivity index (χ1) is 9.99. The van der Waals surface area contributed by atoms with Gasteiger partial charge in [-0.15, -0.1) is 0 Å². The zero-order valence-electron chi connectivity index (χ0n) is 12.6. The van der Waals surface area contributed by atoms with Crippen molar-refractivity contribution in [2.75, 3.05) is 26.1 Å². The van der Waals surface area contributed by atoms with Crippen LogP contribution in [0, 0.1) is 6.92 Å². The SMILES string of the molecule is COc1ccc(C)cc1C[S@@](=O)Cc1nsc(N(C)C)n1. The van der Waals surface area contributed by atoms with E-state index in [0.717, 1.165) is 22.0 Å². The molecule has 2 aromatic rings. The number of nitrogens with zero attached hydrogens (tertiary/aromatic N) is 3. The van der Waals surface area contributed by atoms with Crippen LogP contribution in [0.2, 0.25) is 0 Å². The molecule has 5 nitrogen and oxygen atoms in total. The third kappa shape index (κ3) is 4.25. The Kier molecular flexibility index (Phi) is 5.30. The van der Waals surface area contributed by atoms with Crippen molar-refractivity contribution in [2.45, 2.75) is 18.4 Å². The van der Waals surface area contributed by atoms with E-state index >= 15 is 0 Å². The second-order valence-corrected chi connectivity index (χ2v) is 7.12. The van der Waals surface area contributed by atoms with E-state index in [4.69, 9.17) is 4.74 Å². The minimum absolute atomic E-state index is 0.363. The Morgan fingerprint density at radius 2 is 2.10 bits per heavy atom. The van der Waals surface area contributed by atoms with Crippen molar-refractivity contribution >= 4 is 27.5 Å². The Morgan fingerprint density at radius 3 is 2.71 bits per heavy atom. The molecule has 7 heteroatoms. The van der Waals surface area contributed by atoms with Gasteiger partial charge in [-0.05, 0) is 13.0 Å². The fraction of sp³-hybridized carbons (Fsp3) is 0.429. The molecule has 0 aliphatic carbocycles. The first-order valence-corrected chi connectivity index (χ1v) is 8.74. The van der Waals surface area contributed by atoms with E-state index in [1.165, 1.54) is 11.5 Å². The van der Waals surface area contributed by atoms with Crippen LogP contribution >= 0.6 is 11.5 Å². The lowest BCUT2D eigenvalue weighted by Gasteiger charge is -2.09. The quantitative estimate of drug-likeness (QED) is 0.816. The largest absolute Gasteiger partial charge is 0.496 e. The van der Waals surface area contributed by atoms with Crippen LogP contribution in [0.15, 0.2) is 18.2 Å². The molecule has 0 spiro atoms. The maximum atomic E-state index is 12.3. The average Bonchev–Trinajstić information content (AvgIpc) is 2.87. The molecule has 0 radical (unpaired) electrons. The van der Waals surface area contributed by atoms with Crippen LogP contribution in [-0.4, -0.2) is 34.8 Å². The van der Waals surface area contributed by atoms with E-state index in [2.05, 4.69) is 9.36 Å². The number of hydrogen-bond donors (Lipinski definition) is 0. The van der Waals surface area contributed by atoms with Gasteiger partial charge in [0.2, 0.25) is 5.13 Å². The van der Waals surface area contributed by atoms with Gasteiger partial charge >= 0.3 is 0 Å². The second-order valence-electron chi connectivity index (χ2n) is 4.93. The van der Waals surface area contributed by atoms with Crippen molar-refractivity contribution in [1.82, 2.24) is 9.36 Å². The van der Waals surface area contributed by atoms with Crippen LogP contribution in [0.25, 0.3) is 0 Å². The third-order valence-electron chi connectivity index (χ3n) is 2.88. The summed E-state index contributed by atoms with van der Waals surface area (Å²) in [5.41, 5.74) is 2.09. The summed E-state index contributed by atoms with van der Waals surface area (Å²) >= 11 is 1.32. The number of methoxy groups -OCH3 is 1. The normalized spacial score (nSPS) is 12.2. The van der Waals surface area contributed by atoms with Crippen molar-refractivity contribution in [2.24, 2.45) is 0 Å². The minimum atomic E-state index is -1.06. The Morgan fingerprint density at radius 1 is 1.33 bits per heavy atom. The summed E-state index contributed by atoms with van der Waals surface area (Å²) < 4.78 is 21.9. The molecule has 0 saturated heterocycles. The molecule has 114 valence electrons. The molecule has 0 fully saturated rings. The topological polar surface area (TPSA) is 55.3 Å². The fourth-order valence-electron chi connectivity index (χ4n) is 1.87. The van der Waals surface area contributed by atoms with Crippen molar-refractivity contribution in [3.63, 3.8) is 0 Å². The summed E-state index contributed by atoms with van der Waals surface area (Å²) in [6.07, 6.45) is 0. The van der Waals surface area contributed by atoms with E-state index in [-0.39, 0.29) is 0 Å². The van der Waals surface area contributed by atoms with Crippen LogP contribution in [0.3, 0.4) is 0 Å². The molecular formula is C14H19N3O2S2. The average molecular weight is 325 g/mol. The molecule has 0 unspecified atom stereocenters. The molecular weight excluding hydrogens is 306 g/mol. The molecule has 0 saturated carbocycles. The lowest BCUT2D eigenvalue weighted by molar-refractivity contribution is 0.411. The van der Waals surface area contributed by atoms with Gasteiger partial charge in [0, 0.05) is 42.0 Å². The second kappa shape index (κ2) is 7.00. The predicted molar refractivity (Wildman–Crippen MR) is 87.5 cm³/mol. The van der Waals surface area contributed by atoms with Gasteiger partial charge in [0.05, 0.1) is 18.6 Å². The summed E-state index contributed by atoms with van der Waals surface area (Å²) in [6, 6.07) is 5.90. The number of rotatable bonds is 6. The van der Waals surface area contributed by atoms with Crippen LogP contribution in [0.5, 0.6) is 5.75 Å². The number of ether oxygens (including phenoxy) is 1. The Balaban J connectivity index is 2.06. The summed E-state index contributed by atoms with van der Waals surface area (Å²) in [5.74, 6) is 2.21. The van der Waals surface area contributed by atoms with Crippen molar-refractivity contribution in [3.8, 4) is 5.75 Å². The Hall–Kier alpha value is -1.47. The Labute approximate surface area is 131 Å². The van der Waals surface area contributed by atoms with E-state index in [1.54, 1.807) is 7.11 Å². The van der Waals surface area contributed by atoms with E-state index in [0.29, 0.717) is 17.3 Å². The number of hydrogen-bond acceptors (Lipinski definition) is 6. The van der Waals surface area contributed by atoms with Gasteiger partial charge in [0.25, 0.3) is 0 Å². The van der Waals surface area contributed by atoms with Gasteiger partial charge < -0.3 is 9.64 Å². The molecule has 2 rings (SSSR count). The molecule has 1 heterocycles. The highest BCUT2D eigenvalue weighted by Crippen LogP contribution is 2.22. The fourth-order valence-corrected chi connectivity index (χ4v) is 3.65. The highest BCUT2D eigenvalue weighted by Gasteiger charge is 2.12. The molecule has 21 heavy (non-hydrogen) atoms. The monoisotopic (exact) mass is 325 g/mol. The molecule has 1 atom stereocenters. The summed E-state index contributed by atoms with van der Waals surface area (Å²) in [4.78, 5) is 6.26. The zero-order chi connectivity index (χ0) is 15.4. The molecule has 0 aliphatic rings. The van der Waals surface area contributed by atoms with Gasteiger partial charge in [-0.3, -0.25) is 4.21 Å². The summed E-state index contributed by atoms with van der Waals surface area (Å²) in [6.45, 7) is 2.01. The predicted octanol–water partition coefficient (Wildman–Crippen LogP) is 2.37. The van der Waals surface area contributed by atoms with Gasteiger partial charge in [0.15, 0.2) is 5.82 Å². The summed E-state index contributed by atoms with van der Waals surface area (Å²) in [5, 5.41) is 0.829. The molecule has 1 aromatic heterocycles. The van der Waals surface area contributed by atoms with Crippen LogP contribution < -0.4 is 9.64 Å². The van der Waals surface area contributed by atoms with Crippen molar-refractivity contribution in [1.29, 1.82) is 0 Å². The third-order valence-corrected chi connectivity index (χ3v) is 5.02. The van der Waals surface area contributed by atoms with Gasteiger partial charge in [-0.2, -0.15) is 4.37 Å². The van der Waals surface area contributed by atoms with Crippen LogP contribution in [0.4, 0.5) is 5.13 Å². The number of anilines is 1. The van der Waals surface area contributed by atoms with Crippen LogP contribution in [-0.2, 0) is 22.3 Å². The molecule has 0 N–H and O–H groups in total. The van der Waals surface area contributed by atoms with E-state index in [1.807, 2.05) is 44.1 Å². The first-order valence-electron chi connectivity index (χ1n) is 6.48. The molecule has 0 aliphatic heterocycles. The van der Waals surface area contributed by atoms with Gasteiger partial charge in [-0.1, -0.05) is 17.7 Å². The number of aromatic nitrogens is 2. The van der Waals surface area contributed by atoms with E-state index in [9.17, 15) is 4.21 Å².